The molecule has 1 fully saturated rings. The highest BCUT2D eigenvalue weighted by atomic mass is 16.5. The average molecular weight is 246 g/mol. The number of ether oxygens (including phenoxy) is 1. The SMILES string of the molecule is COC1CC(C)C2c3occc3C(=O)C=C(C)C12. The molecule has 0 saturated heterocycles. The lowest BCUT2D eigenvalue weighted by atomic mass is 9.84. The van der Waals surface area contributed by atoms with Gasteiger partial charge in [-0.3, -0.25) is 4.79 Å². The second-order valence-electron chi connectivity index (χ2n) is 5.49. The molecule has 0 aromatic carbocycles. The molecule has 1 aromatic rings. The Morgan fingerprint density at radius 2 is 2.17 bits per heavy atom. The van der Waals surface area contributed by atoms with Crippen LogP contribution in [0.5, 0.6) is 0 Å². The van der Waals surface area contributed by atoms with Crippen LogP contribution in [0.1, 0.15) is 42.3 Å². The van der Waals surface area contributed by atoms with E-state index >= 15 is 0 Å². The van der Waals surface area contributed by atoms with Crippen LogP contribution in [-0.4, -0.2) is 19.0 Å². The van der Waals surface area contributed by atoms with Crippen molar-refractivity contribution in [3.8, 4) is 0 Å². The van der Waals surface area contributed by atoms with E-state index in [1.54, 1.807) is 25.5 Å². The highest BCUT2D eigenvalue weighted by Gasteiger charge is 2.47. The van der Waals surface area contributed by atoms with Crippen molar-refractivity contribution >= 4 is 5.78 Å². The number of carbonyl (C=O) groups is 1. The molecule has 0 spiro atoms. The number of carbonyl (C=O) groups excluding carboxylic acids is 1. The zero-order valence-corrected chi connectivity index (χ0v) is 11.0. The molecular formula is C15H18O3. The molecule has 3 rings (SSSR count). The maximum atomic E-state index is 12.1. The van der Waals surface area contributed by atoms with Crippen LogP contribution in [0, 0.1) is 11.8 Å². The largest absolute Gasteiger partial charge is 0.468 e. The first-order chi connectivity index (χ1) is 8.63. The van der Waals surface area contributed by atoms with E-state index in [9.17, 15) is 4.79 Å². The fourth-order valence-corrected chi connectivity index (χ4v) is 3.65. The van der Waals surface area contributed by atoms with Crippen molar-refractivity contribution in [1.82, 2.24) is 0 Å². The van der Waals surface area contributed by atoms with Gasteiger partial charge in [0.2, 0.25) is 0 Å². The smallest absolute Gasteiger partial charge is 0.189 e. The minimum Gasteiger partial charge on any atom is -0.468 e. The minimum atomic E-state index is 0.0627. The van der Waals surface area contributed by atoms with E-state index in [4.69, 9.17) is 9.15 Å². The van der Waals surface area contributed by atoms with E-state index in [1.165, 1.54) is 0 Å². The van der Waals surface area contributed by atoms with Crippen molar-refractivity contribution in [2.45, 2.75) is 32.3 Å². The molecule has 3 heteroatoms. The predicted octanol–water partition coefficient (Wildman–Crippen LogP) is 3.18. The number of furan rings is 1. The summed E-state index contributed by atoms with van der Waals surface area (Å²) in [6.45, 7) is 4.25. The number of hydrogen-bond donors (Lipinski definition) is 0. The Kier molecular flexibility index (Phi) is 2.67. The Bertz CT molecular complexity index is 512. The summed E-state index contributed by atoms with van der Waals surface area (Å²) in [7, 11) is 1.75. The number of hydrogen-bond acceptors (Lipinski definition) is 3. The van der Waals surface area contributed by atoms with Gasteiger partial charge in [0.1, 0.15) is 5.76 Å². The fourth-order valence-electron chi connectivity index (χ4n) is 3.65. The Morgan fingerprint density at radius 3 is 2.89 bits per heavy atom. The van der Waals surface area contributed by atoms with Crippen molar-refractivity contribution < 1.29 is 13.9 Å². The van der Waals surface area contributed by atoms with E-state index in [0.29, 0.717) is 5.92 Å². The summed E-state index contributed by atoms with van der Waals surface area (Å²) in [5.41, 5.74) is 1.85. The van der Waals surface area contributed by atoms with Gasteiger partial charge < -0.3 is 9.15 Å². The molecule has 0 amide bonds. The summed E-state index contributed by atoms with van der Waals surface area (Å²) in [5, 5.41) is 0. The van der Waals surface area contributed by atoms with Crippen molar-refractivity contribution in [2.24, 2.45) is 11.8 Å². The third-order valence-corrected chi connectivity index (χ3v) is 4.46. The second kappa shape index (κ2) is 4.09. The van der Waals surface area contributed by atoms with Crippen molar-refractivity contribution in [1.29, 1.82) is 0 Å². The number of rotatable bonds is 1. The molecule has 4 atom stereocenters. The lowest BCUT2D eigenvalue weighted by Gasteiger charge is -2.23. The maximum Gasteiger partial charge on any atom is 0.189 e. The first-order valence-electron chi connectivity index (χ1n) is 6.46. The van der Waals surface area contributed by atoms with Crippen LogP contribution >= 0.6 is 0 Å². The predicted molar refractivity (Wildman–Crippen MR) is 67.6 cm³/mol. The third kappa shape index (κ3) is 1.50. The molecule has 1 saturated carbocycles. The molecule has 1 heterocycles. The molecule has 0 radical (unpaired) electrons. The lowest BCUT2D eigenvalue weighted by molar-refractivity contribution is 0.0779. The summed E-state index contributed by atoms with van der Waals surface area (Å²) >= 11 is 0. The number of allylic oxidation sites excluding steroid dienone is 1. The molecule has 96 valence electrons. The zero-order chi connectivity index (χ0) is 12.9. The molecule has 3 nitrogen and oxygen atoms in total. The van der Waals surface area contributed by atoms with Crippen LogP contribution in [0.4, 0.5) is 0 Å². The van der Waals surface area contributed by atoms with Crippen LogP contribution in [0.3, 0.4) is 0 Å². The van der Waals surface area contributed by atoms with Crippen molar-refractivity contribution in [3.05, 3.63) is 35.3 Å². The fraction of sp³-hybridized carbons (Fsp3) is 0.533. The van der Waals surface area contributed by atoms with Crippen LogP contribution in [0.25, 0.3) is 0 Å². The number of fused-ring (bicyclic) bond motifs is 3. The van der Waals surface area contributed by atoms with Crippen molar-refractivity contribution in [3.63, 3.8) is 0 Å². The van der Waals surface area contributed by atoms with Gasteiger partial charge in [0.15, 0.2) is 5.78 Å². The molecule has 1 aromatic heterocycles. The van der Waals surface area contributed by atoms with Gasteiger partial charge in [0, 0.05) is 18.9 Å². The standard InChI is InChI=1S/C15H18O3/c1-8-6-11(16)10-4-5-18-15(10)14-9(2)7-12(17-3)13(8)14/h4-6,9,12-14H,7H2,1-3H3. The van der Waals surface area contributed by atoms with Gasteiger partial charge >= 0.3 is 0 Å². The maximum absolute atomic E-state index is 12.1. The van der Waals surface area contributed by atoms with E-state index in [2.05, 4.69) is 6.92 Å². The van der Waals surface area contributed by atoms with Gasteiger partial charge in [0.25, 0.3) is 0 Å². The van der Waals surface area contributed by atoms with Gasteiger partial charge in [-0.15, -0.1) is 0 Å². The van der Waals surface area contributed by atoms with E-state index < -0.39 is 0 Å². The quantitative estimate of drug-likeness (QED) is 0.764. The molecule has 0 bridgehead atoms. The van der Waals surface area contributed by atoms with Gasteiger partial charge in [0.05, 0.1) is 17.9 Å². The molecule has 4 unspecified atom stereocenters. The van der Waals surface area contributed by atoms with Crippen LogP contribution in [0.2, 0.25) is 0 Å². The number of methoxy groups -OCH3 is 1. The Morgan fingerprint density at radius 1 is 1.39 bits per heavy atom. The first kappa shape index (κ1) is 11.7. The molecule has 0 aliphatic heterocycles. The monoisotopic (exact) mass is 246 g/mol. The van der Waals surface area contributed by atoms with Gasteiger partial charge in [-0.2, -0.15) is 0 Å². The van der Waals surface area contributed by atoms with E-state index in [1.807, 2.05) is 6.92 Å². The minimum absolute atomic E-state index is 0.0627. The molecule has 2 aliphatic rings. The van der Waals surface area contributed by atoms with E-state index in [0.717, 1.165) is 23.3 Å². The summed E-state index contributed by atoms with van der Waals surface area (Å²) in [6, 6.07) is 1.79. The Hall–Kier alpha value is -1.35. The van der Waals surface area contributed by atoms with Gasteiger partial charge in [-0.25, -0.2) is 0 Å². The highest BCUT2D eigenvalue weighted by Crippen LogP contribution is 2.50. The topological polar surface area (TPSA) is 39.4 Å². The Labute approximate surface area is 107 Å². The van der Waals surface area contributed by atoms with E-state index in [-0.39, 0.29) is 23.7 Å². The molecule has 0 N–H and O–H groups in total. The summed E-state index contributed by atoms with van der Waals surface area (Å²) in [4.78, 5) is 12.1. The summed E-state index contributed by atoms with van der Waals surface area (Å²) in [6.07, 6.45) is 4.58. The highest BCUT2D eigenvalue weighted by molar-refractivity contribution is 6.06. The molecular weight excluding hydrogens is 228 g/mol. The zero-order valence-electron chi connectivity index (χ0n) is 11.0. The van der Waals surface area contributed by atoms with Gasteiger partial charge in [-0.05, 0) is 31.4 Å². The Balaban J connectivity index is 2.16. The number of ketones is 1. The normalized spacial score (nSPS) is 34.8. The summed E-state index contributed by atoms with van der Waals surface area (Å²) in [5.74, 6) is 1.92. The summed E-state index contributed by atoms with van der Waals surface area (Å²) < 4.78 is 11.2. The second-order valence-corrected chi connectivity index (χ2v) is 5.49. The van der Waals surface area contributed by atoms with Crippen LogP contribution < -0.4 is 0 Å². The van der Waals surface area contributed by atoms with Gasteiger partial charge in [-0.1, -0.05) is 12.5 Å². The lowest BCUT2D eigenvalue weighted by Crippen LogP contribution is -2.21. The third-order valence-electron chi connectivity index (χ3n) is 4.46. The van der Waals surface area contributed by atoms with Crippen molar-refractivity contribution in [2.75, 3.05) is 7.11 Å². The van der Waals surface area contributed by atoms with Crippen LogP contribution in [0.15, 0.2) is 28.4 Å². The first-order valence-corrected chi connectivity index (χ1v) is 6.46. The molecule has 2 aliphatic carbocycles. The molecule has 18 heavy (non-hydrogen) atoms. The average Bonchev–Trinajstić information content (AvgIpc) is 2.89. The van der Waals surface area contributed by atoms with Crippen LogP contribution in [-0.2, 0) is 4.74 Å².